The van der Waals surface area contributed by atoms with Gasteiger partial charge in [0.2, 0.25) is 5.91 Å². The van der Waals surface area contributed by atoms with E-state index in [2.05, 4.69) is 0 Å². The fourth-order valence-electron chi connectivity index (χ4n) is 2.63. The van der Waals surface area contributed by atoms with Crippen molar-refractivity contribution >= 4 is 18.0 Å². The molecule has 7 nitrogen and oxygen atoms in total. The van der Waals surface area contributed by atoms with Gasteiger partial charge in [-0.15, -0.1) is 0 Å². The van der Waals surface area contributed by atoms with E-state index in [1.165, 1.54) is 6.08 Å². The Hall–Kier alpha value is -2.54. The molecule has 1 amide bonds. The molecule has 1 fully saturated rings. The van der Waals surface area contributed by atoms with Crippen LogP contribution in [0.15, 0.2) is 24.3 Å². The van der Waals surface area contributed by atoms with E-state index in [-0.39, 0.29) is 18.9 Å². The predicted octanol–water partition coefficient (Wildman–Crippen LogP) is 2.20. The quantitative estimate of drug-likeness (QED) is 0.713. The normalized spacial score (nSPS) is 17.3. The van der Waals surface area contributed by atoms with Gasteiger partial charge in [-0.2, -0.15) is 0 Å². The van der Waals surface area contributed by atoms with Crippen molar-refractivity contribution in [3.05, 3.63) is 29.8 Å². The van der Waals surface area contributed by atoms with Gasteiger partial charge in [-0.05, 0) is 30.2 Å². The van der Waals surface area contributed by atoms with Crippen LogP contribution in [0.5, 0.6) is 11.5 Å². The van der Waals surface area contributed by atoms with Crippen LogP contribution >= 0.6 is 0 Å². The third-order valence-electron chi connectivity index (χ3n) is 3.92. The number of aliphatic carboxylic acids is 1. The van der Waals surface area contributed by atoms with Crippen LogP contribution in [-0.4, -0.2) is 61.4 Å². The number of carbonyl (C=O) groups excluding carboxylic acids is 1. The summed E-state index contributed by atoms with van der Waals surface area (Å²) in [6.45, 7) is 3.71. The molecule has 0 aliphatic carbocycles. The number of amides is 1. The summed E-state index contributed by atoms with van der Waals surface area (Å²) >= 11 is 0. The standard InChI is InChI=1S/C19H25NO6/c1-3-9-26-16-6-4-14(11-17(16)24-2)5-7-18(21)20-8-10-25-15(13-20)12-19(22)23/h4-7,11,15H,3,8-10,12-13H2,1-2H3,(H,22,23). The van der Waals surface area contributed by atoms with Gasteiger partial charge in [0.25, 0.3) is 0 Å². The number of carboxylic acids is 1. The first kappa shape index (κ1) is 19.8. The number of carboxylic acid groups (broad SMARTS) is 1. The largest absolute Gasteiger partial charge is 0.493 e. The molecule has 0 saturated carbocycles. The molecule has 1 saturated heterocycles. The Balaban J connectivity index is 1.99. The molecule has 0 spiro atoms. The fourth-order valence-corrected chi connectivity index (χ4v) is 2.63. The van der Waals surface area contributed by atoms with E-state index in [1.54, 1.807) is 24.2 Å². The molecule has 0 bridgehead atoms. The molecule has 0 aromatic heterocycles. The van der Waals surface area contributed by atoms with Gasteiger partial charge in [0.15, 0.2) is 11.5 Å². The molecular weight excluding hydrogens is 338 g/mol. The average molecular weight is 363 g/mol. The van der Waals surface area contributed by atoms with Crippen molar-refractivity contribution in [3.63, 3.8) is 0 Å². The maximum Gasteiger partial charge on any atom is 0.306 e. The Morgan fingerprint density at radius 2 is 2.19 bits per heavy atom. The number of rotatable bonds is 8. The minimum atomic E-state index is -0.933. The van der Waals surface area contributed by atoms with Gasteiger partial charge in [-0.25, -0.2) is 0 Å². The molecular formula is C19H25NO6. The molecule has 1 aliphatic rings. The second kappa shape index (κ2) is 9.82. The maximum absolute atomic E-state index is 12.3. The molecule has 1 aromatic carbocycles. The minimum Gasteiger partial charge on any atom is -0.493 e. The number of carbonyl (C=O) groups is 2. The van der Waals surface area contributed by atoms with Crippen molar-refractivity contribution in [3.8, 4) is 11.5 Å². The van der Waals surface area contributed by atoms with Crippen LogP contribution in [-0.2, 0) is 14.3 Å². The van der Waals surface area contributed by atoms with Crippen molar-refractivity contribution in [1.82, 2.24) is 4.90 Å². The minimum absolute atomic E-state index is 0.107. The third kappa shape index (κ3) is 5.77. The lowest BCUT2D eigenvalue weighted by atomic mass is 10.1. The molecule has 1 aromatic rings. The molecule has 1 atom stereocenters. The number of nitrogens with zero attached hydrogens (tertiary/aromatic N) is 1. The third-order valence-corrected chi connectivity index (χ3v) is 3.92. The van der Waals surface area contributed by atoms with Crippen LogP contribution in [0, 0.1) is 0 Å². The highest BCUT2D eigenvalue weighted by Crippen LogP contribution is 2.28. The summed E-state index contributed by atoms with van der Waals surface area (Å²) in [6, 6.07) is 5.47. The van der Waals surface area contributed by atoms with Crippen molar-refractivity contribution < 1.29 is 28.9 Å². The summed E-state index contributed by atoms with van der Waals surface area (Å²) in [7, 11) is 1.57. The first-order valence-electron chi connectivity index (χ1n) is 8.64. The topological polar surface area (TPSA) is 85.3 Å². The van der Waals surface area contributed by atoms with Crippen molar-refractivity contribution in [2.75, 3.05) is 33.4 Å². The highest BCUT2D eigenvalue weighted by Gasteiger charge is 2.24. The van der Waals surface area contributed by atoms with Crippen LogP contribution in [0.1, 0.15) is 25.3 Å². The lowest BCUT2D eigenvalue weighted by Gasteiger charge is -2.31. The van der Waals surface area contributed by atoms with Crippen molar-refractivity contribution in [2.45, 2.75) is 25.9 Å². The summed E-state index contributed by atoms with van der Waals surface area (Å²) < 4.78 is 16.3. The first-order chi connectivity index (χ1) is 12.5. The molecule has 0 radical (unpaired) electrons. The van der Waals surface area contributed by atoms with Gasteiger partial charge in [0.1, 0.15) is 0 Å². The number of hydrogen-bond acceptors (Lipinski definition) is 5. The van der Waals surface area contributed by atoms with Gasteiger partial charge >= 0.3 is 5.97 Å². The van der Waals surface area contributed by atoms with E-state index >= 15 is 0 Å². The summed E-state index contributed by atoms with van der Waals surface area (Å²) in [4.78, 5) is 24.7. The number of morpholine rings is 1. The predicted molar refractivity (Wildman–Crippen MR) is 96.4 cm³/mol. The van der Waals surface area contributed by atoms with Crippen LogP contribution in [0.3, 0.4) is 0 Å². The average Bonchev–Trinajstić information content (AvgIpc) is 2.64. The first-order valence-corrected chi connectivity index (χ1v) is 8.64. The van der Waals surface area contributed by atoms with Crippen molar-refractivity contribution in [1.29, 1.82) is 0 Å². The second-order valence-electron chi connectivity index (χ2n) is 5.97. The second-order valence-corrected chi connectivity index (χ2v) is 5.97. The summed E-state index contributed by atoms with van der Waals surface area (Å²) in [5.41, 5.74) is 0.814. The Morgan fingerprint density at radius 1 is 1.38 bits per heavy atom. The summed E-state index contributed by atoms with van der Waals surface area (Å²) in [6.07, 6.45) is 3.51. The SMILES string of the molecule is CCCOc1ccc(C=CC(=O)N2CCOC(CC(=O)O)C2)cc1OC. The molecule has 1 heterocycles. The Labute approximate surface area is 153 Å². The smallest absolute Gasteiger partial charge is 0.306 e. The molecule has 1 unspecified atom stereocenters. The molecule has 1 N–H and O–H groups in total. The number of hydrogen-bond donors (Lipinski definition) is 1. The lowest BCUT2D eigenvalue weighted by Crippen LogP contribution is -2.45. The molecule has 142 valence electrons. The maximum atomic E-state index is 12.3. The number of benzene rings is 1. The van der Waals surface area contributed by atoms with Gasteiger partial charge in [-0.3, -0.25) is 9.59 Å². The Bertz CT molecular complexity index is 657. The van der Waals surface area contributed by atoms with Gasteiger partial charge in [-0.1, -0.05) is 13.0 Å². The highest BCUT2D eigenvalue weighted by atomic mass is 16.5. The van der Waals surface area contributed by atoms with E-state index < -0.39 is 12.1 Å². The monoisotopic (exact) mass is 363 g/mol. The number of ether oxygens (including phenoxy) is 3. The molecule has 2 rings (SSSR count). The van der Waals surface area contributed by atoms with E-state index in [9.17, 15) is 9.59 Å². The van der Waals surface area contributed by atoms with E-state index in [0.717, 1.165) is 12.0 Å². The summed E-state index contributed by atoms with van der Waals surface area (Å²) in [5, 5.41) is 8.85. The zero-order valence-corrected chi connectivity index (χ0v) is 15.1. The van der Waals surface area contributed by atoms with E-state index in [1.807, 2.05) is 19.1 Å². The molecule has 7 heteroatoms. The van der Waals surface area contributed by atoms with Crippen LogP contribution in [0.25, 0.3) is 6.08 Å². The van der Waals surface area contributed by atoms with Crippen LogP contribution in [0.4, 0.5) is 0 Å². The molecule has 1 aliphatic heterocycles. The van der Waals surface area contributed by atoms with Crippen molar-refractivity contribution in [2.24, 2.45) is 0 Å². The van der Waals surface area contributed by atoms with Gasteiger partial charge in [0.05, 0.1) is 32.8 Å². The molecule has 26 heavy (non-hydrogen) atoms. The lowest BCUT2D eigenvalue weighted by molar-refractivity contribution is -0.145. The fraction of sp³-hybridized carbons (Fsp3) is 0.474. The van der Waals surface area contributed by atoms with E-state index in [4.69, 9.17) is 19.3 Å². The van der Waals surface area contributed by atoms with Crippen LogP contribution < -0.4 is 9.47 Å². The Morgan fingerprint density at radius 3 is 2.88 bits per heavy atom. The number of methoxy groups -OCH3 is 1. The Kier molecular flexibility index (Phi) is 7.47. The summed E-state index contributed by atoms with van der Waals surface area (Å²) in [5.74, 6) is 0.176. The van der Waals surface area contributed by atoms with Crippen LogP contribution in [0.2, 0.25) is 0 Å². The van der Waals surface area contributed by atoms with Gasteiger partial charge in [0, 0.05) is 19.2 Å². The van der Waals surface area contributed by atoms with E-state index in [0.29, 0.717) is 31.3 Å². The zero-order chi connectivity index (χ0) is 18.9. The van der Waals surface area contributed by atoms with Gasteiger partial charge < -0.3 is 24.2 Å². The zero-order valence-electron chi connectivity index (χ0n) is 15.1. The highest BCUT2D eigenvalue weighted by molar-refractivity contribution is 5.92.